The first kappa shape index (κ1) is 6.90. The van der Waals surface area contributed by atoms with Gasteiger partial charge in [-0.15, -0.1) is 11.8 Å². The van der Waals surface area contributed by atoms with Gasteiger partial charge in [0.05, 0.1) is 0 Å². The molecule has 9 heavy (non-hydrogen) atoms. The van der Waals surface area contributed by atoms with Crippen molar-refractivity contribution < 1.29 is 0 Å². The summed E-state index contributed by atoms with van der Waals surface area (Å²) in [6.07, 6.45) is 5.95. The Hall–Kier alpha value is -0.210. The topological polar surface area (TPSA) is 12.0 Å². The zero-order chi connectivity index (χ0) is 6.53. The average molecular weight is 141 g/mol. The maximum atomic E-state index is 3.60. The summed E-state index contributed by atoms with van der Waals surface area (Å²) in [5, 5.41) is 3.32. The van der Waals surface area contributed by atoms with Crippen LogP contribution in [0.25, 0.3) is 0 Å². The molecule has 1 rings (SSSR count). The lowest BCUT2D eigenvalue weighted by Gasteiger charge is -1.98. The Morgan fingerprint density at radius 3 is 3.11 bits per heavy atom. The Morgan fingerprint density at radius 1 is 1.67 bits per heavy atom. The number of hydrogen-bond acceptors (Lipinski definition) is 2. The van der Waals surface area contributed by atoms with Gasteiger partial charge in [-0.1, -0.05) is 24.8 Å². The van der Waals surface area contributed by atoms with Gasteiger partial charge in [0.2, 0.25) is 0 Å². The molecule has 2 heteroatoms. The van der Waals surface area contributed by atoms with Crippen molar-refractivity contribution in [2.45, 2.75) is 6.04 Å². The molecule has 1 aliphatic heterocycles. The van der Waals surface area contributed by atoms with Gasteiger partial charge >= 0.3 is 0 Å². The van der Waals surface area contributed by atoms with Crippen molar-refractivity contribution in [3.8, 4) is 0 Å². The van der Waals surface area contributed by atoms with E-state index in [0.29, 0.717) is 6.04 Å². The highest BCUT2D eigenvalue weighted by molar-refractivity contribution is 7.99. The van der Waals surface area contributed by atoms with Crippen LogP contribution in [0.2, 0.25) is 0 Å². The molecule has 0 bridgehead atoms. The fraction of sp³-hybridized carbons (Fsp3) is 0.429. The van der Waals surface area contributed by atoms with Crippen LogP contribution in [0.5, 0.6) is 0 Å². The minimum absolute atomic E-state index is 0.577. The maximum absolute atomic E-state index is 3.60. The van der Waals surface area contributed by atoms with Crippen LogP contribution in [0.4, 0.5) is 0 Å². The van der Waals surface area contributed by atoms with Crippen molar-refractivity contribution >= 4 is 11.8 Å². The largest absolute Gasteiger partial charge is 0.301 e. The van der Waals surface area contributed by atoms with E-state index in [9.17, 15) is 0 Å². The van der Waals surface area contributed by atoms with Crippen molar-refractivity contribution in [1.29, 1.82) is 0 Å². The third-order valence-corrected chi connectivity index (χ3v) is 2.19. The van der Waals surface area contributed by atoms with Crippen molar-refractivity contribution in [3.05, 3.63) is 24.8 Å². The number of rotatable bonds is 2. The van der Waals surface area contributed by atoms with Crippen molar-refractivity contribution in [2.75, 3.05) is 11.6 Å². The molecule has 0 spiro atoms. The van der Waals surface area contributed by atoms with E-state index in [1.807, 2.05) is 23.9 Å². The molecule has 0 aliphatic carbocycles. The first-order valence-corrected chi connectivity index (χ1v) is 4.19. The van der Waals surface area contributed by atoms with Gasteiger partial charge in [-0.25, -0.2) is 0 Å². The highest BCUT2D eigenvalue weighted by Gasteiger charge is 2.08. The molecule has 0 aromatic heterocycles. The molecule has 0 aromatic carbocycles. The van der Waals surface area contributed by atoms with E-state index in [0.717, 1.165) is 5.88 Å². The Kier molecular flexibility index (Phi) is 2.87. The van der Waals surface area contributed by atoms with Gasteiger partial charge in [0.15, 0.2) is 0 Å². The van der Waals surface area contributed by atoms with Gasteiger partial charge < -0.3 is 5.32 Å². The standard InChI is InChI=1S/C7H11NS/c1-2-3-4-7-5-9-6-8-7/h2-4,7-8H,1,5-6H2/b4-3+. The first-order chi connectivity index (χ1) is 4.43. The van der Waals surface area contributed by atoms with Gasteiger partial charge in [-0.05, 0) is 0 Å². The highest BCUT2D eigenvalue weighted by atomic mass is 32.2. The zero-order valence-corrected chi connectivity index (χ0v) is 6.16. The van der Waals surface area contributed by atoms with Gasteiger partial charge in [-0.3, -0.25) is 0 Å². The summed E-state index contributed by atoms with van der Waals surface area (Å²) in [5.41, 5.74) is 0. The molecule has 0 amide bonds. The van der Waals surface area contributed by atoms with Crippen LogP contribution in [-0.4, -0.2) is 17.7 Å². The highest BCUT2D eigenvalue weighted by Crippen LogP contribution is 2.09. The van der Waals surface area contributed by atoms with Crippen molar-refractivity contribution in [2.24, 2.45) is 0 Å². The third kappa shape index (κ3) is 2.24. The number of thioether (sulfide) groups is 1. The quantitative estimate of drug-likeness (QED) is 0.583. The molecule has 1 nitrogen and oxygen atoms in total. The molecule has 50 valence electrons. The number of allylic oxidation sites excluding steroid dienone is 2. The van der Waals surface area contributed by atoms with Crippen LogP contribution in [0.1, 0.15) is 0 Å². The van der Waals surface area contributed by atoms with Crippen LogP contribution < -0.4 is 5.32 Å². The molecule has 0 aromatic rings. The fourth-order valence-electron chi connectivity index (χ4n) is 0.747. The van der Waals surface area contributed by atoms with E-state index in [1.54, 1.807) is 0 Å². The zero-order valence-electron chi connectivity index (χ0n) is 5.34. The van der Waals surface area contributed by atoms with Gasteiger partial charge in [0, 0.05) is 17.7 Å². The Balaban J connectivity index is 2.25. The van der Waals surface area contributed by atoms with Gasteiger partial charge in [0.1, 0.15) is 0 Å². The molecular formula is C7H11NS. The first-order valence-electron chi connectivity index (χ1n) is 3.04. The van der Waals surface area contributed by atoms with E-state index in [4.69, 9.17) is 0 Å². The second kappa shape index (κ2) is 3.75. The molecule has 1 saturated heterocycles. The summed E-state index contributed by atoms with van der Waals surface area (Å²) < 4.78 is 0. The van der Waals surface area contributed by atoms with Crippen LogP contribution in [-0.2, 0) is 0 Å². The lowest BCUT2D eigenvalue weighted by molar-refractivity contribution is 0.753. The Morgan fingerprint density at radius 2 is 2.56 bits per heavy atom. The van der Waals surface area contributed by atoms with Crippen molar-refractivity contribution in [3.63, 3.8) is 0 Å². The molecule has 0 saturated carbocycles. The van der Waals surface area contributed by atoms with E-state index < -0.39 is 0 Å². The molecule has 1 heterocycles. The predicted molar refractivity (Wildman–Crippen MR) is 43.6 cm³/mol. The Labute approximate surface area is 60.2 Å². The average Bonchev–Trinajstić information content (AvgIpc) is 2.34. The SMILES string of the molecule is C=C/C=C/C1CSCN1. The van der Waals surface area contributed by atoms with Crippen LogP contribution in [0.15, 0.2) is 24.8 Å². The number of nitrogens with one attached hydrogen (secondary N) is 1. The van der Waals surface area contributed by atoms with Gasteiger partial charge in [0.25, 0.3) is 0 Å². The molecule has 1 N–H and O–H groups in total. The van der Waals surface area contributed by atoms with Crippen molar-refractivity contribution in [1.82, 2.24) is 5.32 Å². The molecule has 1 aliphatic rings. The summed E-state index contributed by atoms with van der Waals surface area (Å²) in [7, 11) is 0. The normalized spacial score (nSPS) is 27.3. The molecule has 1 fully saturated rings. The summed E-state index contributed by atoms with van der Waals surface area (Å²) in [5.74, 6) is 2.29. The molecule has 0 radical (unpaired) electrons. The summed E-state index contributed by atoms with van der Waals surface area (Å²) >= 11 is 1.94. The monoisotopic (exact) mass is 141 g/mol. The lowest BCUT2D eigenvalue weighted by atomic mass is 10.3. The van der Waals surface area contributed by atoms with E-state index >= 15 is 0 Å². The lowest BCUT2D eigenvalue weighted by Crippen LogP contribution is -2.20. The number of hydrogen-bond donors (Lipinski definition) is 1. The summed E-state index contributed by atoms with van der Waals surface area (Å²) in [6.45, 7) is 3.60. The van der Waals surface area contributed by atoms with Crippen LogP contribution in [0.3, 0.4) is 0 Å². The predicted octanol–water partition coefficient (Wildman–Crippen LogP) is 1.39. The minimum atomic E-state index is 0.577. The van der Waals surface area contributed by atoms with E-state index in [1.165, 1.54) is 5.75 Å². The molecule has 1 unspecified atom stereocenters. The second-order valence-electron chi connectivity index (χ2n) is 1.95. The summed E-state index contributed by atoms with van der Waals surface area (Å²) in [6, 6.07) is 0.577. The fourth-order valence-corrected chi connectivity index (χ4v) is 1.68. The van der Waals surface area contributed by atoms with Crippen LogP contribution >= 0.6 is 11.8 Å². The van der Waals surface area contributed by atoms with Gasteiger partial charge in [-0.2, -0.15) is 0 Å². The second-order valence-corrected chi connectivity index (χ2v) is 2.98. The van der Waals surface area contributed by atoms with E-state index in [2.05, 4.69) is 18.0 Å². The van der Waals surface area contributed by atoms with E-state index in [-0.39, 0.29) is 0 Å². The Bertz CT molecular complexity index is 114. The maximum Gasteiger partial charge on any atom is 0.0423 e. The molecular weight excluding hydrogens is 130 g/mol. The third-order valence-electron chi connectivity index (χ3n) is 1.22. The smallest absolute Gasteiger partial charge is 0.0423 e. The summed E-state index contributed by atoms with van der Waals surface area (Å²) in [4.78, 5) is 0. The minimum Gasteiger partial charge on any atom is -0.301 e. The molecule has 1 atom stereocenters. The van der Waals surface area contributed by atoms with Crippen LogP contribution in [0, 0.1) is 0 Å².